The standard InChI is InChI=1S/C10H20O3/c1-3-4-5-6-7-8-12-9-13-10(2)11/h3-9H2,1-2H3. The molecule has 0 N–H and O–H groups in total. The summed E-state index contributed by atoms with van der Waals surface area (Å²) in [6.45, 7) is 4.36. The second-order valence-corrected chi connectivity index (χ2v) is 3.08. The fourth-order valence-corrected chi connectivity index (χ4v) is 0.991. The lowest BCUT2D eigenvalue weighted by molar-refractivity contribution is -0.153. The fourth-order valence-electron chi connectivity index (χ4n) is 0.991. The molecular weight excluding hydrogens is 168 g/mol. The summed E-state index contributed by atoms with van der Waals surface area (Å²) in [6.07, 6.45) is 6.08. The molecule has 0 aliphatic heterocycles. The smallest absolute Gasteiger partial charge is 0.304 e. The van der Waals surface area contributed by atoms with Crippen LogP contribution in [0.4, 0.5) is 0 Å². The summed E-state index contributed by atoms with van der Waals surface area (Å²) < 4.78 is 9.69. The zero-order valence-corrected chi connectivity index (χ0v) is 8.67. The number of rotatable bonds is 8. The van der Waals surface area contributed by atoms with Crippen LogP contribution in [-0.2, 0) is 14.3 Å². The minimum atomic E-state index is -0.286. The molecule has 0 heterocycles. The normalized spacial score (nSPS) is 10.0. The Morgan fingerprint density at radius 3 is 2.46 bits per heavy atom. The van der Waals surface area contributed by atoms with E-state index < -0.39 is 0 Å². The molecule has 0 aromatic heterocycles. The van der Waals surface area contributed by atoms with Gasteiger partial charge in [-0.1, -0.05) is 32.6 Å². The molecule has 0 atom stereocenters. The van der Waals surface area contributed by atoms with Crippen molar-refractivity contribution >= 4 is 5.97 Å². The number of carbonyl (C=O) groups is 1. The van der Waals surface area contributed by atoms with Gasteiger partial charge in [-0.15, -0.1) is 0 Å². The van der Waals surface area contributed by atoms with Crippen molar-refractivity contribution in [3.63, 3.8) is 0 Å². The van der Waals surface area contributed by atoms with Gasteiger partial charge in [0.1, 0.15) is 0 Å². The average Bonchev–Trinajstić information content (AvgIpc) is 2.09. The summed E-state index contributed by atoms with van der Waals surface area (Å²) in [5, 5.41) is 0. The first-order valence-electron chi connectivity index (χ1n) is 4.98. The lowest BCUT2D eigenvalue weighted by atomic mass is 10.2. The van der Waals surface area contributed by atoms with Crippen LogP contribution in [0.25, 0.3) is 0 Å². The van der Waals surface area contributed by atoms with Gasteiger partial charge in [0.15, 0.2) is 6.79 Å². The van der Waals surface area contributed by atoms with Crippen LogP contribution in [0.2, 0.25) is 0 Å². The first-order valence-corrected chi connectivity index (χ1v) is 4.98. The van der Waals surface area contributed by atoms with Crippen LogP contribution in [0.1, 0.15) is 46.0 Å². The number of hydrogen-bond acceptors (Lipinski definition) is 3. The van der Waals surface area contributed by atoms with Crippen LogP contribution in [-0.4, -0.2) is 19.4 Å². The summed E-state index contributed by atoms with van der Waals surface area (Å²) in [7, 11) is 0. The molecule has 0 aliphatic carbocycles. The van der Waals surface area contributed by atoms with Crippen molar-refractivity contribution in [1.82, 2.24) is 0 Å². The summed E-state index contributed by atoms with van der Waals surface area (Å²) in [5.41, 5.74) is 0. The monoisotopic (exact) mass is 188 g/mol. The number of carbonyl (C=O) groups excluding carboxylic acids is 1. The third-order valence-corrected chi connectivity index (χ3v) is 1.74. The van der Waals surface area contributed by atoms with Crippen LogP contribution in [0.5, 0.6) is 0 Å². The SMILES string of the molecule is CCCCCCCOCOC(C)=O. The molecule has 0 unspecified atom stereocenters. The molecule has 3 nitrogen and oxygen atoms in total. The summed E-state index contributed by atoms with van der Waals surface area (Å²) in [4.78, 5) is 10.3. The Bertz CT molecular complexity index is 123. The van der Waals surface area contributed by atoms with E-state index in [0.29, 0.717) is 6.61 Å². The van der Waals surface area contributed by atoms with Crippen molar-refractivity contribution in [3.8, 4) is 0 Å². The molecular formula is C10H20O3. The number of ether oxygens (including phenoxy) is 2. The van der Waals surface area contributed by atoms with E-state index in [0.717, 1.165) is 6.42 Å². The Morgan fingerprint density at radius 1 is 1.15 bits per heavy atom. The highest BCUT2D eigenvalue weighted by atomic mass is 16.7. The average molecular weight is 188 g/mol. The molecule has 0 amide bonds. The fraction of sp³-hybridized carbons (Fsp3) is 0.900. The van der Waals surface area contributed by atoms with Crippen molar-refractivity contribution in [2.45, 2.75) is 46.0 Å². The maximum absolute atomic E-state index is 10.3. The minimum absolute atomic E-state index is 0.100. The van der Waals surface area contributed by atoms with Crippen LogP contribution in [0.3, 0.4) is 0 Å². The highest BCUT2D eigenvalue weighted by Crippen LogP contribution is 2.02. The van der Waals surface area contributed by atoms with Crippen LogP contribution in [0.15, 0.2) is 0 Å². The predicted octanol–water partition coefficient (Wildman–Crippen LogP) is 2.49. The molecule has 78 valence electrons. The van der Waals surface area contributed by atoms with Gasteiger partial charge in [0.2, 0.25) is 0 Å². The van der Waals surface area contributed by atoms with E-state index in [1.54, 1.807) is 0 Å². The van der Waals surface area contributed by atoms with Crippen LogP contribution >= 0.6 is 0 Å². The molecule has 0 aliphatic rings. The van der Waals surface area contributed by atoms with E-state index in [4.69, 9.17) is 4.74 Å². The summed E-state index contributed by atoms with van der Waals surface area (Å²) in [5.74, 6) is -0.286. The number of unbranched alkanes of at least 4 members (excludes halogenated alkanes) is 4. The Hall–Kier alpha value is -0.570. The molecule has 0 aromatic rings. The van der Waals surface area contributed by atoms with E-state index >= 15 is 0 Å². The van der Waals surface area contributed by atoms with Gasteiger partial charge in [0.25, 0.3) is 0 Å². The van der Waals surface area contributed by atoms with E-state index in [2.05, 4.69) is 11.7 Å². The molecule has 3 heteroatoms. The lowest BCUT2D eigenvalue weighted by Crippen LogP contribution is -2.05. The maximum Gasteiger partial charge on any atom is 0.304 e. The van der Waals surface area contributed by atoms with Gasteiger partial charge in [0, 0.05) is 6.92 Å². The lowest BCUT2D eigenvalue weighted by Gasteiger charge is -2.03. The Morgan fingerprint density at radius 2 is 1.85 bits per heavy atom. The molecule has 0 rings (SSSR count). The topological polar surface area (TPSA) is 35.5 Å². The van der Waals surface area contributed by atoms with Gasteiger partial charge in [0.05, 0.1) is 6.61 Å². The van der Waals surface area contributed by atoms with E-state index in [1.807, 2.05) is 0 Å². The quantitative estimate of drug-likeness (QED) is 0.333. The molecule has 0 fully saturated rings. The Kier molecular flexibility index (Phi) is 9.10. The van der Waals surface area contributed by atoms with Gasteiger partial charge in [-0.05, 0) is 6.42 Å². The Labute approximate surface area is 80.4 Å². The van der Waals surface area contributed by atoms with Gasteiger partial charge < -0.3 is 9.47 Å². The summed E-state index contributed by atoms with van der Waals surface area (Å²) in [6, 6.07) is 0. The third-order valence-electron chi connectivity index (χ3n) is 1.74. The van der Waals surface area contributed by atoms with Gasteiger partial charge in [-0.2, -0.15) is 0 Å². The maximum atomic E-state index is 10.3. The van der Waals surface area contributed by atoms with Gasteiger partial charge in [-0.3, -0.25) is 4.79 Å². The number of hydrogen-bond donors (Lipinski definition) is 0. The van der Waals surface area contributed by atoms with E-state index in [9.17, 15) is 4.79 Å². The van der Waals surface area contributed by atoms with Crippen molar-refractivity contribution < 1.29 is 14.3 Å². The van der Waals surface area contributed by atoms with Crippen LogP contribution in [0, 0.1) is 0 Å². The van der Waals surface area contributed by atoms with E-state index in [-0.39, 0.29) is 12.8 Å². The molecule has 13 heavy (non-hydrogen) atoms. The minimum Gasteiger partial charge on any atom is -0.439 e. The Balaban J connectivity index is 2.87. The van der Waals surface area contributed by atoms with Crippen molar-refractivity contribution in [1.29, 1.82) is 0 Å². The highest BCUT2D eigenvalue weighted by molar-refractivity contribution is 5.65. The predicted molar refractivity (Wildman–Crippen MR) is 51.3 cm³/mol. The first-order chi connectivity index (χ1) is 6.27. The second-order valence-electron chi connectivity index (χ2n) is 3.08. The largest absolute Gasteiger partial charge is 0.439 e. The molecule has 0 bridgehead atoms. The first kappa shape index (κ1) is 12.4. The van der Waals surface area contributed by atoms with Crippen molar-refractivity contribution in [3.05, 3.63) is 0 Å². The molecule has 0 saturated carbocycles. The third kappa shape index (κ3) is 11.4. The summed E-state index contributed by atoms with van der Waals surface area (Å²) >= 11 is 0. The van der Waals surface area contributed by atoms with Crippen molar-refractivity contribution in [2.75, 3.05) is 13.4 Å². The number of esters is 1. The highest BCUT2D eigenvalue weighted by Gasteiger charge is 1.92. The zero-order chi connectivity index (χ0) is 9.94. The molecule has 0 aromatic carbocycles. The molecule has 0 saturated heterocycles. The second kappa shape index (κ2) is 9.52. The van der Waals surface area contributed by atoms with Crippen molar-refractivity contribution in [2.24, 2.45) is 0 Å². The zero-order valence-electron chi connectivity index (χ0n) is 8.67. The molecule has 0 radical (unpaired) electrons. The van der Waals surface area contributed by atoms with Crippen LogP contribution < -0.4 is 0 Å². The molecule has 0 spiro atoms. The van der Waals surface area contributed by atoms with Gasteiger partial charge >= 0.3 is 5.97 Å². The van der Waals surface area contributed by atoms with E-state index in [1.165, 1.54) is 32.6 Å². The van der Waals surface area contributed by atoms with Gasteiger partial charge in [-0.25, -0.2) is 0 Å².